The van der Waals surface area contributed by atoms with E-state index in [9.17, 15) is 14.7 Å². The number of likely N-dealkylation sites (N-methyl/N-ethyl adjacent to an activating group) is 1. The molecule has 0 bridgehead atoms. The summed E-state index contributed by atoms with van der Waals surface area (Å²) in [5.41, 5.74) is 0.736. The van der Waals surface area contributed by atoms with Crippen molar-refractivity contribution in [1.82, 2.24) is 0 Å². The second-order valence-corrected chi connectivity index (χ2v) is 5.96. The zero-order valence-electron chi connectivity index (χ0n) is 14.5. The lowest BCUT2D eigenvalue weighted by Crippen LogP contribution is -2.37. The summed E-state index contributed by atoms with van der Waals surface area (Å²) in [6, 6.07) is 19.5. The Morgan fingerprint density at radius 3 is 2.35 bits per heavy atom. The maximum Gasteiger partial charge on any atom is 0.342 e. The summed E-state index contributed by atoms with van der Waals surface area (Å²) in [4.78, 5) is 26.4. The number of para-hydroxylation sites is 1. The molecule has 0 fully saturated rings. The Balaban J connectivity index is 1.77. The van der Waals surface area contributed by atoms with Crippen LogP contribution in [0.1, 0.15) is 17.3 Å². The van der Waals surface area contributed by atoms with Crippen LogP contribution in [0.5, 0.6) is 5.75 Å². The highest BCUT2D eigenvalue weighted by Gasteiger charge is 2.24. The smallest absolute Gasteiger partial charge is 0.342 e. The number of ether oxygens (including phenoxy) is 1. The first kappa shape index (κ1) is 17.5. The minimum atomic E-state index is -0.987. The second-order valence-electron chi connectivity index (χ2n) is 5.96. The summed E-state index contributed by atoms with van der Waals surface area (Å²) in [5, 5.41) is 11.7. The zero-order chi connectivity index (χ0) is 18.7. The highest BCUT2D eigenvalue weighted by molar-refractivity contribution is 6.03. The summed E-state index contributed by atoms with van der Waals surface area (Å²) in [5.74, 6) is -1.25. The van der Waals surface area contributed by atoms with Gasteiger partial charge in [-0.15, -0.1) is 0 Å². The number of esters is 1. The van der Waals surface area contributed by atoms with E-state index in [1.807, 2.05) is 30.3 Å². The van der Waals surface area contributed by atoms with Crippen LogP contribution in [0, 0.1) is 0 Å². The Hall–Kier alpha value is -3.34. The van der Waals surface area contributed by atoms with Crippen LogP contribution in [-0.4, -0.2) is 30.1 Å². The molecule has 3 aromatic rings. The molecule has 0 spiro atoms. The van der Waals surface area contributed by atoms with Gasteiger partial charge >= 0.3 is 5.97 Å². The molecule has 0 heterocycles. The summed E-state index contributed by atoms with van der Waals surface area (Å²) in [7, 11) is 1.62. The van der Waals surface area contributed by atoms with Crippen molar-refractivity contribution in [2.24, 2.45) is 0 Å². The molecule has 1 N–H and O–H groups in total. The van der Waals surface area contributed by atoms with Crippen molar-refractivity contribution in [3.05, 3.63) is 72.3 Å². The third-order valence-corrected chi connectivity index (χ3v) is 4.23. The van der Waals surface area contributed by atoms with Gasteiger partial charge in [0.1, 0.15) is 11.3 Å². The Kier molecular flexibility index (Phi) is 4.89. The van der Waals surface area contributed by atoms with Crippen LogP contribution in [0.3, 0.4) is 0 Å². The number of amides is 1. The van der Waals surface area contributed by atoms with Crippen molar-refractivity contribution in [1.29, 1.82) is 0 Å². The van der Waals surface area contributed by atoms with Gasteiger partial charge in [0.25, 0.3) is 5.91 Å². The van der Waals surface area contributed by atoms with Crippen LogP contribution in [0.15, 0.2) is 66.7 Å². The Labute approximate surface area is 151 Å². The molecule has 3 rings (SSSR count). The summed E-state index contributed by atoms with van der Waals surface area (Å²) in [6.07, 6.45) is -0.987. The molecule has 3 aromatic carbocycles. The maximum absolute atomic E-state index is 12.5. The fraction of sp³-hybridized carbons (Fsp3) is 0.143. The van der Waals surface area contributed by atoms with Crippen LogP contribution in [0.2, 0.25) is 0 Å². The van der Waals surface area contributed by atoms with E-state index in [4.69, 9.17) is 4.74 Å². The molecular weight excluding hydrogens is 330 g/mol. The molecule has 0 saturated heterocycles. The first-order chi connectivity index (χ1) is 12.5. The van der Waals surface area contributed by atoms with Gasteiger partial charge in [-0.2, -0.15) is 0 Å². The Bertz CT molecular complexity index is 953. The van der Waals surface area contributed by atoms with Gasteiger partial charge in [-0.1, -0.05) is 48.5 Å². The SMILES string of the molecule is C[C@@H](OC(=O)c1ccc2ccccc2c1O)C(=O)N(C)c1ccccc1. The van der Waals surface area contributed by atoms with Crippen molar-refractivity contribution in [3.63, 3.8) is 0 Å². The van der Waals surface area contributed by atoms with Crippen LogP contribution < -0.4 is 4.90 Å². The van der Waals surface area contributed by atoms with Crippen molar-refractivity contribution in [2.75, 3.05) is 11.9 Å². The summed E-state index contributed by atoms with van der Waals surface area (Å²) >= 11 is 0. The van der Waals surface area contributed by atoms with Gasteiger partial charge in [-0.05, 0) is 30.5 Å². The topological polar surface area (TPSA) is 66.8 Å². The quantitative estimate of drug-likeness (QED) is 0.729. The first-order valence-corrected chi connectivity index (χ1v) is 8.23. The highest BCUT2D eigenvalue weighted by atomic mass is 16.5. The normalized spacial score (nSPS) is 11.8. The lowest BCUT2D eigenvalue weighted by atomic mass is 10.1. The number of carbonyl (C=O) groups is 2. The van der Waals surface area contributed by atoms with Crippen LogP contribution >= 0.6 is 0 Å². The second kappa shape index (κ2) is 7.27. The predicted molar refractivity (Wildman–Crippen MR) is 100 cm³/mol. The van der Waals surface area contributed by atoms with E-state index in [0.717, 1.165) is 5.39 Å². The summed E-state index contributed by atoms with van der Waals surface area (Å²) < 4.78 is 5.28. The number of rotatable bonds is 4. The average Bonchev–Trinajstić information content (AvgIpc) is 2.67. The fourth-order valence-corrected chi connectivity index (χ4v) is 2.75. The number of phenolic OH excluding ortho intramolecular Hbond substituents is 1. The molecule has 0 aliphatic heterocycles. The minimum absolute atomic E-state index is 0.0331. The van der Waals surface area contributed by atoms with Gasteiger partial charge in [-0.3, -0.25) is 4.79 Å². The van der Waals surface area contributed by atoms with E-state index in [-0.39, 0.29) is 17.2 Å². The number of nitrogens with zero attached hydrogens (tertiary/aromatic N) is 1. The molecule has 0 saturated carbocycles. The zero-order valence-corrected chi connectivity index (χ0v) is 14.5. The van der Waals surface area contributed by atoms with E-state index < -0.39 is 12.1 Å². The molecule has 5 nitrogen and oxygen atoms in total. The number of hydrogen-bond donors (Lipinski definition) is 1. The molecule has 0 aliphatic rings. The molecule has 0 unspecified atom stereocenters. The Morgan fingerprint density at radius 1 is 0.962 bits per heavy atom. The molecule has 0 aromatic heterocycles. The predicted octanol–water partition coefficient (Wildman–Crippen LogP) is 3.75. The molecule has 132 valence electrons. The monoisotopic (exact) mass is 349 g/mol. The Morgan fingerprint density at radius 2 is 1.62 bits per heavy atom. The fourth-order valence-electron chi connectivity index (χ4n) is 2.75. The molecule has 1 atom stereocenters. The van der Waals surface area contributed by atoms with Crippen molar-refractivity contribution < 1.29 is 19.4 Å². The number of anilines is 1. The number of carbonyl (C=O) groups excluding carboxylic acids is 2. The average molecular weight is 349 g/mol. The number of benzene rings is 3. The van der Waals surface area contributed by atoms with Crippen molar-refractivity contribution >= 4 is 28.3 Å². The van der Waals surface area contributed by atoms with E-state index in [0.29, 0.717) is 11.1 Å². The third-order valence-electron chi connectivity index (χ3n) is 4.23. The number of fused-ring (bicyclic) bond motifs is 1. The summed E-state index contributed by atoms with van der Waals surface area (Å²) in [6.45, 7) is 1.51. The van der Waals surface area contributed by atoms with E-state index in [2.05, 4.69) is 0 Å². The molecule has 1 amide bonds. The van der Waals surface area contributed by atoms with E-state index >= 15 is 0 Å². The lowest BCUT2D eigenvalue weighted by molar-refractivity contribution is -0.126. The highest BCUT2D eigenvalue weighted by Crippen LogP contribution is 2.29. The van der Waals surface area contributed by atoms with E-state index in [1.165, 1.54) is 17.9 Å². The number of aromatic hydroxyl groups is 1. The van der Waals surface area contributed by atoms with Crippen LogP contribution in [-0.2, 0) is 9.53 Å². The lowest BCUT2D eigenvalue weighted by Gasteiger charge is -2.21. The largest absolute Gasteiger partial charge is 0.506 e. The van der Waals surface area contributed by atoms with Gasteiger partial charge in [0.2, 0.25) is 0 Å². The van der Waals surface area contributed by atoms with Gasteiger partial charge in [-0.25, -0.2) is 4.79 Å². The molecular formula is C21H19NO4. The molecule has 5 heteroatoms. The van der Waals surface area contributed by atoms with Crippen LogP contribution in [0.4, 0.5) is 5.69 Å². The number of hydrogen-bond acceptors (Lipinski definition) is 4. The molecule has 0 aliphatic carbocycles. The van der Waals surface area contributed by atoms with Gasteiger partial charge in [0, 0.05) is 18.1 Å². The van der Waals surface area contributed by atoms with Crippen LogP contribution in [0.25, 0.3) is 10.8 Å². The first-order valence-electron chi connectivity index (χ1n) is 8.23. The number of phenols is 1. The van der Waals surface area contributed by atoms with Gasteiger partial charge < -0.3 is 14.7 Å². The van der Waals surface area contributed by atoms with Gasteiger partial charge in [0.05, 0.1) is 0 Å². The molecule has 0 radical (unpaired) electrons. The van der Waals surface area contributed by atoms with Gasteiger partial charge in [0.15, 0.2) is 6.10 Å². The maximum atomic E-state index is 12.5. The van der Waals surface area contributed by atoms with Crippen molar-refractivity contribution in [3.8, 4) is 5.75 Å². The van der Waals surface area contributed by atoms with Crippen molar-refractivity contribution in [2.45, 2.75) is 13.0 Å². The van der Waals surface area contributed by atoms with E-state index in [1.54, 1.807) is 37.4 Å². The standard InChI is InChI=1S/C21H19NO4/c1-14(20(24)22(2)16-9-4-3-5-10-16)26-21(25)18-13-12-15-8-6-7-11-17(15)19(18)23/h3-14,23H,1-2H3/t14-/m1/s1. The minimum Gasteiger partial charge on any atom is -0.506 e. The molecule has 26 heavy (non-hydrogen) atoms. The third kappa shape index (κ3) is 3.37.